The average Bonchev–Trinajstić information content (AvgIpc) is 2.27. The average molecular weight is 222 g/mol. The van der Waals surface area contributed by atoms with Crippen molar-refractivity contribution in [3.63, 3.8) is 0 Å². The van der Waals surface area contributed by atoms with Gasteiger partial charge in [0.05, 0.1) is 6.61 Å². The van der Waals surface area contributed by atoms with Gasteiger partial charge >= 0.3 is 7.46 Å². The summed E-state index contributed by atoms with van der Waals surface area (Å²) in [5.74, 6) is -0.00212. The van der Waals surface area contributed by atoms with Gasteiger partial charge in [-0.3, -0.25) is 4.90 Å². The number of primary amides is 1. The first-order valence-corrected chi connectivity index (χ1v) is 5.09. The molecule has 0 aliphatic carbocycles. The van der Waals surface area contributed by atoms with Gasteiger partial charge < -0.3 is 10.5 Å². The van der Waals surface area contributed by atoms with Crippen molar-refractivity contribution in [1.29, 1.82) is 0 Å². The van der Waals surface area contributed by atoms with Crippen molar-refractivity contribution in [1.82, 2.24) is 0 Å². The fourth-order valence-corrected chi connectivity index (χ4v) is 1.48. The summed E-state index contributed by atoms with van der Waals surface area (Å²) in [5.41, 5.74) is 6.11. The van der Waals surface area contributed by atoms with Gasteiger partial charge in [0.2, 0.25) is 0 Å². The molecule has 2 amide bonds. The third-order valence-electron chi connectivity index (χ3n) is 2.18. The summed E-state index contributed by atoms with van der Waals surface area (Å²) in [6.07, 6.45) is 0. The van der Waals surface area contributed by atoms with Crippen molar-refractivity contribution < 1.29 is 11.0 Å². The molecular weight excluding hydrogens is 204 g/mol. The smallest absolute Gasteiger partial charge is 0.384 e. The Morgan fingerprint density at radius 3 is 2.69 bits per heavy atom. The molecule has 0 aromatic heterocycles. The molecule has 1 rings (SSSR count). The first kappa shape index (κ1) is 12.5. The molecule has 0 aliphatic rings. The maximum absolute atomic E-state index is 11.3. The van der Waals surface area contributed by atoms with Gasteiger partial charge in [-0.1, -0.05) is 18.2 Å². The molecule has 1 radical (unpaired) electrons. The van der Waals surface area contributed by atoms with E-state index in [1.165, 1.54) is 4.90 Å². The van der Waals surface area contributed by atoms with E-state index in [0.29, 0.717) is 13.2 Å². The highest BCUT2D eigenvalue weighted by atomic mass is 16.5. The zero-order valence-electron chi connectivity index (χ0n) is 10.4. The number of rotatable bonds is 5. The highest BCUT2D eigenvalue weighted by Crippen LogP contribution is 2.14. The van der Waals surface area contributed by atoms with Crippen LogP contribution in [0.4, 0.5) is 10.5 Å². The molecule has 4 heteroatoms. The predicted octanol–water partition coefficient (Wildman–Crippen LogP) is 1.78. The highest BCUT2D eigenvalue weighted by Gasteiger charge is 2.15. The second-order valence-corrected chi connectivity index (χ2v) is 3.61. The highest BCUT2D eigenvalue weighted by molar-refractivity contribution is 5.90. The van der Waals surface area contributed by atoms with Gasteiger partial charge in [-0.2, -0.15) is 0 Å². The lowest BCUT2D eigenvalue weighted by Crippen LogP contribution is -2.39. The summed E-state index contributed by atoms with van der Waals surface area (Å²) in [5, 5.41) is 0. The lowest BCUT2D eigenvalue weighted by Gasteiger charge is -2.23. The molecule has 0 saturated carbocycles. The molecule has 1 unspecified atom stereocenters. The quantitative estimate of drug-likeness (QED) is 0.825. The molecule has 0 aliphatic heterocycles. The van der Waals surface area contributed by atoms with E-state index in [0.717, 1.165) is 5.69 Å². The molecule has 0 fully saturated rings. The number of ether oxygens (including phenoxy) is 1. The molecule has 0 spiro atoms. The number of methoxy groups -OCH3 is 1. The van der Waals surface area contributed by atoms with Crippen molar-refractivity contribution in [2.75, 3.05) is 25.2 Å². The van der Waals surface area contributed by atoms with Crippen LogP contribution in [0.3, 0.4) is 0 Å². The van der Waals surface area contributed by atoms with Crippen molar-refractivity contribution in [3.8, 4) is 0 Å². The number of benzene rings is 1. The van der Waals surface area contributed by atoms with Gasteiger partial charge in [0.15, 0.2) is 0 Å². The molecule has 1 atom stereocenters. The fourth-order valence-electron chi connectivity index (χ4n) is 1.48. The Labute approximate surface area is 97.5 Å². The van der Waals surface area contributed by atoms with E-state index in [2.05, 4.69) is 6.92 Å². The third kappa shape index (κ3) is 3.55. The van der Waals surface area contributed by atoms with E-state index in [1.807, 2.05) is 30.3 Å². The number of carbonyl (C=O) groups excluding carboxylic acids is 1. The number of para-hydroxylation sites is 1. The number of nitrogens with zero attached hydrogens (tertiary/aromatic N) is 1. The number of anilines is 1. The van der Waals surface area contributed by atoms with E-state index in [9.17, 15) is 4.79 Å². The summed E-state index contributed by atoms with van der Waals surface area (Å²) in [6, 6.07) is 8.81. The van der Waals surface area contributed by atoms with Crippen LogP contribution in [0.15, 0.2) is 30.3 Å². The van der Waals surface area contributed by atoms with Crippen molar-refractivity contribution >= 4 is 11.7 Å². The minimum atomic E-state index is -0.476. The summed E-state index contributed by atoms with van der Waals surface area (Å²) in [4.78, 5) is 12.8. The van der Waals surface area contributed by atoms with E-state index in [1.54, 1.807) is 7.11 Å². The first-order chi connectivity index (χ1) is 7.65. The van der Waals surface area contributed by atoms with Crippen LogP contribution in [-0.2, 0) is 4.74 Å². The normalized spacial score (nSPS) is 12.1. The van der Waals surface area contributed by atoms with Crippen LogP contribution in [0.2, 0.25) is 0 Å². The predicted molar refractivity (Wildman–Crippen MR) is 65.2 cm³/mol. The number of nitrogens with two attached hydrogens (primary N) is 1. The molecule has 0 saturated heterocycles. The van der Waals surface area contributed by atoms with Gasteiger partial charge in [-0.25, -0.2) is 4.79 Å². The van der Waals surface area contributed by atoms with Crippen LogP contribution in [-0.4, -0.2) is 26.3 Å². The summed E-state index contributed by atoms with van der Waals surface area (Å²) in [7, 11) is 1.61. The Kier molecular flexibility index (Phi) is 4.79. The fraction of sp³-hybridized carbons (Fsp3) is 0.333. The lowest BCUT2D eigenvalue weighted by molar-refractivity contribution is 0.170. The molecule has 0 bridgehead atoms. The zero-order valence-corrected chi connectivity index (χ0v) is 9.43. The van der Waals surface area contributed by atoms with Crippen LogP contribution in [0.5, 0.6) is 0 Å². The number of amides is 2. The SMILES string of the molecule is [CH2]C(COC)CN(C(N)=O)c1ccccc1.[H+]. The van der Waals surface area contributed by atoms with Gasteiger partial charge in [0, 0.05) is 25.3 Å². The maximum Gasteiger partial charge on any atom is 1.00 e. The minimum Gasteiger partial charge on any atom is -0.384 e. The van der Waals surface area contributed by atoms with E-state index in [4.69, 9.17) is 10.5 Å². The number of urea groups is 1. The van der Waals surface area contributed by atoms with E-state index < -0.39 is 6.03 Å². The van der Waals surface area contributed by atoms with E-state index >= 15 is 0 Å². The molecule has 4 nitrogen and oxygen atoms in total. The van der Waals surface area contributed by atoms with Gasteiger partial charge in [0.1, 0.15) is 0 Å². The second kappa shape index (κ2) is 6.12. The van der Waals surface area contributed by atoms with Crippen molar-refractivity contribution in [2.45, 2.75) is 0 Å². The van der Waals surface area contributed by atoms with Crippen LogP contribution in [0.25, 0.3) is 0 Å². The Hall–Kier alpha value is -1.55. The van der Waals surface area contributed by atoms with Gasteiger partial charge in [0.25, 0.3) is 0 Å². The Bertz CT molecular complexity index is 333. The molecule has 1 aromatic carbocycles. The second-order valence-electron chi connectivity index (χ2n) is 3.61. The van der Waals surface area contributed by atoms with Gasteiger partial charge in [-0.05, 0) is 19.1 Å². The zero-order chi connectivity index (χ0) is 12.0. The van der Waals surface area contributed by atoms with Crippen molar-refractivity contribution in [2.24, 2.45) is 11.7 Å². The molecule has 1 aromatic rings. The number of hydrogen-bond donors (Lipinski definition) is 1. The summed E-state index contributed by atoms with van der Waals surface area (Å²) >= 11 is 0. The van der Waals surface area contributed by atoms with Crippen LogP contribution < -0.4 is 10.6 Å². The monoisotopic (exact) mass is 222 g/mol. The van der Waals surface area contributed by atoms with Crippen molar-refractivity contribution in [3.05, 3.63) is 37.3 Å². The Morgan fingerprint density at radius 2 is 2.19 bits per heavy atom. The first-order valence-electron chi connectivity index (χ1n) is 5.09. The lowest BCUT2D eigenvalue weighted by atomic mass is 10.1. The Balaban J connectivity index is 0.00000256. The maximum atomic E-state index is 11.3. The molecule has 2 N–H and O–H groups in total. The molecule has 0 heterocycles. The summed E-state index contributed by atoms with van der Waals surface area (Å²) < 4.78 is 4.98. The minimum absolute atomic E-state index is 0. The molecule has 87 valence electrons. The summed E-state index contributed by atoms with van der Waals surface area (Å²) in [6.45, 7) is 4.85. The molecule has 16 heavy (non-hydrogen) atoms. The van der Waals surface area contributed by atoms with Crippen LogP contribution >= 0.6 is 0 Å². The van der Waals surface area contributed by atoms with Gasteiger partial charge in [-0.15, -0.1) is 0 Å². The Morgan fingerprint density at radius 1 is 1.56 bits per heavy atom. The number of carbonyl (C=O) groups is 1. The van der Waals surface area contributed by atoms with E-state index in [-0.39, 0.29) is 7.34 Å². The third-order valence-corrected chi connectivity index (χ3v) is 2.18. The largest absolute Gasteiger partial charge is 1.00 e. The standard InChI is InChI=1S/C12H17N2O2/c1-10(9-16-2)8-14(12(13)15)11-6-4-3-5-7-11/h3-7,10H,1,8-9H2,2H3,(H2,13,15)/p+1. The number of hydrogen-bond acceptors (Lipinski definition) is 2. The van der Waals surface area contributed by atoms with Crippen LogP contribution in [0, 0.1) is 12.8 Å². The molecular formula is C12H18N2O2+. The van der Waals surface area contributed by atoms with Crippen LogP contribution in [0.1, 0.15) is 1.43 Å². The topological polar surface area (TPSA) is 55.6 Å².